The third-order valence-electron chi connectivity index (χ3n) is 5.52. The lowest BCUT2D eigenvalue weighted by Gasteiger charge is -2.43. The Kier molecular flexibility index (Phi) is 5.80. The van der Waals surface area contributed by atoms with Gasteiger partial charge in [-0.3, -0.25) is 4.90 Å². The summed E-state index contributed by atoms with van der Waals surface area (Å²) in [5.74, 6) is 0. The van der Waals surface area contributed by atoms with E-state index in [2.05, 4.69) is 48.3 Å². The minimum absolute atomic E-state index is 0.171. The van der Waals surface area contributed by atoms with Gasteiger partial charge in [-0.2, -0.15) is 13.2 Å². The molecule has 0 saturated carbocycles. The number of likely N-dealkylation sites (tertiary alicyclic amines) is 1. The van der Waals surface area contributed by atoms with Gasteiger partial charge in [0.2, 0.25) is 0 Å². The first-order valence-electron chi connectivity index (χ1n) is 9.48. The van der Waals surface area contributed by atoms with Crippen LogP contribution in [0.3, 0.4) is 0 Å². The number of aryl methyl sites for hydroxylation is 1. The van der Waals surface area contributed by atoms with Crippen LogP contribution in [0.4, 0.5) is 18.9 Å². The van der Waals surface area contributed by atoms with E-state index in [1.165, 1.54) is 11.6 Å². The maximum Gasteiger partial charge on any atom is 0.416 e. The van der Waals surface area contributed by atoms with Crippen molar-refractivity contribution in [3.05, 3.63) is 65.2 Å². The topological polar surface area (TPSA) is 15.3 Å². The normalized spacial score (nSPS) is 24.0. The SMILES string of the molecule is Cc1ccc(C(F)(F)F)cc1NC1C[C@@H](C)N(Cc2ccccc2)[C@@H](C)C1. The zero-order valence-corrected chi connectivity index (χ0v) is 16.1. The largest absolute Gasteiger partial charge is 0.416 e. The highest BCUT2D eigenvalue weighted by molar-refractivity contribution is 5.54. The number of halogens is 3. The van der Waals surface area contributed by atoms with Crippen molar-refractivity contribution in [2.75, 3.05) is 5.32 Å². The summed E-state index contributed by atoms with van der Waals surface area (Å²) in [5, 5.41) is 3.38. The first-order valence-corrected chi connectivity index (χ1v) is 9.48. The molecule has 27 heavy (non-hydrogen) atoms. The molecule has 2 aromatic carbocycles. The highest BCUT2D eigenvalue weighted by Crippen LogP contribution is 2.33. The summed E-state index contributed by atoms with van der Waals surface area (Å²) in [7, 11) is 0. The monoisotopic (exact) mass is 376 g/mol. The number of rotatable bonds is 4. The fraction of sp³-hybridized carbons (Fsp3) is 0.455. The fourth-order valence-electron chi connectivity index (χ4n) is 4.02. The fourth-order valence-corrected chi connectivity index (χ4v) is 4.02. The third-order valence-corrected chi connectivity index (χ3v) is 5.52. The maximum atomic E-state index is 13.0. The van der Waals surface area contributed by atoms with Gasteiger partial charge in [-0.15, -0.1) is 0 Å². The van der Waals surface area contributed by atoms with E-state index >= 15 is 0 Å². The predicted molar refractivity (Wildman–Crippen MR) is 104 cm³/mol. The molecular formula is C22H27F3N2. The Morgan fingerprint density at radius 1 is 1.00 bits per heavy atom. The van der Waals surface area contributed by atoms with Crippen molar-refractivity contribution in [2.45, 2.75) is 64.5 Å². The Bertz CT molecular complexity index is 746. The smallest absolute Gasteiger partial charge is 0.382 e. The number of hydrogen-bond acceptors (Lipinski definition) is 2. The summed E-state index contributed by atoms with van der Waals surface area (Å²) in [6.07, 6.45) is -2.50. The summed E-state index contributed by atoms with van der Waals surface area (Å²) in [6.45, 7) is 7.15. The van der Waals surface area contributed by atoms with Crippen molar-refractivity contribution in [1.82, 2.24) is 4.90 Å². The van der Waals surface area contributed by atoms with Gasteiger partial charge in [-0.25, -0.2) is 0 Å². The quantitative estimate of drug-likeness (QED) is 0.718. The van der Waals surface area contributed by atoms with Gasteiger partial charge in [-0.05, 0) is 56.9 Å². The molecule has 0 amide bonds. The van der Waals surface area contributed by atoms with Crippen LogP contribution < -0.4 is 5.32 Å². The van der Waals surface area contributed by atoms with Crippen molar-refractivity contribution < 1.29 is 13.2 Å². The Morgan fingerprint density at radius 3 is 2.22 bits per heavy atom. The summed E-state index contributed by atoms with van der Waals surface area (Å²) in [4.78, 5) is 2.48. The lowest BCUT2D eigenvalue weighted by atomic mass is 9.91. The summed E-state index contributed by atoms with van der Waals surface area (Å²) in [6, 6.07) is 15.2. The van der Waals surface area contributed by atoms with Crippen molar-refractivity contribution in [2.24, 2.45) is 0 Å². The van der Waals surface area contributed by atoms with Gasteiger partial charge < -0.3 is 5.32 Å². The van der Waals surface area contributed by atoms with E-state index in [4.69, 9.17) is 0 Å². The lowest BCUT2D eigenvalue weighted by molar-refractivity contribution is -0.137. The van der Waals surface area contributed by atoms with Crippen LogP contribution in [0, 0.1) is 6.92 Å². The van der Waals surface area contributed by atoms with E-state index < -0.39 is 11.7 Å². The predicted octanol–water partition coefficient (Wildman–Crippen LogP) is 5.87. The molecular weight excluding hydrogens is 349 g/mol. The van der Waals surface area contributed by atoms with E-state index in [1.807, 2.05) is 13.0 Å². The van der Waals surface area contributed by atoms with E-state index in [9.17, 15) is 13.2 Å². The zero-order valence-electron chi connectivity index (χ0n) is 16.1. The van der Waals surface area contributed by atoms with Gasteiger partial charge in [-0.1, -0.05) is 36.4 Å². The molecule has 3 atom stereocenters. The average Bonchev–Trinajstić information content (AvgIpc) is 2.60. The van der Waals surface area contributed by atoms with Crippen LogP contribution in [0.5, 0.6) is 0 Å². The lowest BCUT2D eigenvalue weighted by Crippen LogP contribution is -2.49. The van der Waals surface area contributed by atoms with E-state index in [-0.39, 0.29) is 6.04 Å². The van der Waals surface area contributed by atoms with Crippen LogP contribution >= 0.6 is 0 Å². The number of benzene rings is 2. The van der Waals surface area contributed by atoms with Gasteiger partial charge in [0.15, 0.2) is 0 Å². The van der Waals surface area contributed by atoms with E-state index in [1.54, 1.807) is 6.07 Å². The molecule has 2 aromatic rings. The number of anilines is 1. The van der Waals surface area contributed by atoms with Crippen LogP contribution in [0.25, 0.3) is 0 Å². The zero-order chi connectivity index (χ0) is 19.6. The molecule has 2 nitrogen and oxygen atoms in total. The van der Waals surface area contributed by atoms with Crippen LogP contribution in [0.15, 0.2) is 48.5 Å². The Hall–Kier alpha value is -2.01. The Morgan fingerprint density at radius 2 is 1.63 bits per heavy atom. The molecule has 1 saturated heterocycles. The molecule has 5 heteroatoms. The minimum Gasteiger partial charge on any atom is -0.382 e. The first-order chi connectivity index (χ1) is 12.7. The molecule has 0 aromatic heterocycles. The van der Waals surface area contributed by atoms with Gasteiger partial charge >= 0.3 is 6.18 Å². The minimum atomic E-state index is -4.32. The first kappa shape index (κ1) is 19.7. The molecule has 0 spiro atoms. The molecule has 0 aliphatic carbocycles. The van der Waals surface area contributed by atoms with Crippen molar-refractivity contribution in [3.63, 3.8) is 0 Å². The average molecular weight is 376 g/mol. The summed E-state index contributed by atoms with van der Waals surface area (Å²) < 4.78 is 39.1. The second-order valence-corrected chi connectivity index (χ2v) is 7.70. The molecule has 1 unspecified atom stereocenters. The number of hydrogen-bond donors (Lipinski definition) is 1. The number of piperidine rings is 1. The van der Waals surface area contributed by atoms with Crippen LogP contribution in [-0.2, 0) is 12.7 Å². The highest BCUT2D eigenvalue weighted by Gasteiger charge is 2.33. The van der Waals surface area contributed by atoms with Gasteiger partial charge in [0.25, 0.3) is 0 Å². The Labute approximate surface area is 159 Å². The number of nitrogens with zero attached hydrogens (tertiary/aromatic N) is 1. The molecule has 1 heterocycles. The number of alkyl halides is 3. The van der Waals surface area contributed by atoms with Gasteiger partial charge in [0.05, 0.1) is 5.56 Å². The third kappa shape index (κ3) is 4.83. The van der Waals surface area contributed by atoms with E-state index in [0.29, 0.717) is 17.8 Å². The maximum absolute atomic E-state index is 13.0. The van der Waals surface area contributed by atoms with E-state index in [0.717, 1.165) is 31.0 Å². The van der Waals surface area contributed by atoms with Crippen LogP contribution in [0.2, 0.25) is 0 Å². The summed E-state index contributed by atoms with van der Waals surface area (Å²) in [5.41, 5.74) is 2.12. The highest BCUT2D eigenvalue weighted by atomic mass is 19.4. The van der Waals surface area contributed by atoms with Gasteiger partial charge in [0, 0.05) is 30.4 Å². The number of nitrogens with one attached hydrogen (secondary N) is 1. The van der Waals surface area contributed by atoms with Gasteiger partial charge in [0.1, 0.15) is 0 Å². The van der Waals surface area contributed by atoms with Crippen LogP contribution in [0.1, 0.15) is 43.4 Å². The molecule has 3 rings (SSSR count). The van der Waals surface area contributed by atoms with Crippen molar-refractivity contribution in [3.8, 4) is 0 Å². The molecule has 0 radical (unpaired) electrons. The van der Waals surface area contributed by atoms with Crippen molar-refractivity contribution >= 4 is 5.69 Å². The molecule has 146 valence electrons. The molecule has 1 N–H and O–H groups in total. The standard InChI is InChI=1S/C22H27F3N2/c1-15-9-10-19(22(23,24)25)13-21(15)26-20-11-16(2)27(17(3)12-20)14-18-7-5-4-6-8-18/h4-10,13,16-17,20,26H,11-12,14H2,1-3H3/t16-,17+,20?. The molecule has 1 fully saturated rings. The Balaban J connectivity index is 1.69. The van der Waals surface area contributed by atoms with Crippen molar-refractivity contribution in [1.29, 1.82) is 0 Å². The molecule has 1 aliphatic rings. The molecule has 1 aliphatic heterocycles. The second-order valence-electron chi connectivity index (χ2n) is 7.70. The van der Waals surface area contributed by atoms with Crippen LogP contribution in [-0.4, -0.2) is 23.0 Å². The second kappa shape index (κ2) is 7.93. The molecule has 0 bridgehead atoms. The summed E-state index contributed by atoms with van der Waals surface area (Å²) >= 11 is 0.